The molecule has 0 fully saturated rings. The first kappa shape index (κ1) is 18.5. The Kier molecular flexibility index (Phi) is 6.74. The van der Waals surface area contributed by atoms with Gasteiger partial charge in [-0.3, -0.25) is 0 Å². The Balaban J connectivity index is 3.35. The van der Waals surface area contributed by atoms with Gasteiger partial charge in [-0.15, -0.1) is 0 Å². The highest BCUT2D eigenvalue weighted by molar-refractivity contribution is 7.89. The number of rotatable bonds is 7. The van der Waals surface area contributed by atoms with Crippen LogP contribution in [0.15, 0.2) is 17.0 Å². The molecule has 1 aromatic carbocycles. The molecule has 0 aliphatic carbocycles. The molecule has 21 heavy (non-hydrogen) atoms. The molecule has 0 saturated carbocycles. The van der Waals surface area contributed by atoms with Gasteiger partial charge in [0.25, 0.3) is 0 Å². The van der Waals surface area contributed by atoms with Gasteiger partial charge in [-0.05, 0) is 25.5 Å². The Morgan fingerprint density at radius 3 is 2.29 bits per heavy atom. The average Bonchev–Trinajstić information content (AvgIpc) is 2.36. The van der Waals surface area contributed by atoms with Crippen molar-refractivity contribution in [1.29, 1.82) is 0 Å². The van der Waals surface area contributed by atoms with E-state index in [1.807, 2.05) is 13.8 Å². The molecule has 0 aromatic heterocycles. The molecule has 8 heteroatoms. The molecule has 0 saturated heterocycles. The Hall–Kier alpha value is -0.530. The van der Waals surface area contributed by atoms with Crippen LogP contribution < -0.4 is 5.73 Å². The second kappa shape index (κ2) is 7.65. The molecule has 1 rings (SSSR count). The second-order valence-electron chi connectivity index (χ2n) is 4.68. The van der Waals surface area contributed by atoms with Crippen molar-refractivity contribution in [3.63, 3.8) is 0 Å². The quantitative estimate of drug-likeness (QED) is 0.763. The summed E-state index contributed by atoms with van der Waals surface area (Å²) in [6.45, 7) is 4.25. The molecule has 0 heterocycles. The fourth-order valence-corrected chi connectivity index (χ4v) is 4.78. The lowest BCUT2D eigenvalue weighted by molar-refractivity contribution is 0.167. The maximum absolute atomic E-state index is 12.9. The van der Waals surface area contributed by atoms with Crippen LogP contribution in [-0.4, -0.2) is 39.0 Å². The third-order valence-corrected chi connectivity index (χ3v) is 6.12. The first-order valence-electron chi connectivity index (χ1n) is 6.51. The lowest BCUT2D eigenvalue weighted by atomic mass is 10.3. The van der Waals surface area contributed by atoms with Gasteiger partial charge in [0.05, 0.1) is 16.7 Å². The predicted octanol–water partition coefficient (Wildman–Crippen LogP) is 3.01. The largest absolute Gasteiger partial charge is 0.399 e. The summed E-state index contributed by atoms with van der Waals surface area (Å²) in [6, 6.07) is 2.56. The van der Waals surface area contributed by atoms with Gasteiger partial charge in [0.15, 0.2) is 0 Å². The summed E-state index contributed by atoms with van der Waals surface area (Å²) in [7, 11) is -2.31. The standard InChI is InChI=1S/C13H20Cl2N2O3S/c1-4-9(2)17(5-6-20-3)21(18,19)13-11(14)7-10(16)8-12(13)15/h7-9H,4-6,16H2,1-3H3. The highest BCUT2D eigenvalue weighted by Gasteiger charge is 2.32. The number of hydrogen-bond donors (Lipinski definition) is 1. The molecule has 0 amide bonds. The smallest absolute Gasteiger partial charge is 0.246 e. The van der Waals surface area contributed by atoms with Gasteiger partial charge in [-0.1, -0.05) is 30.1 Å². The SMILES string of the molecule is CCC(C)N(CCOC)S(=O)(=O)c1c(Cl)cc(N)cc1Cl. The fourth-order valence-electron chi connectivity index (χ4n) is 1.91. The van der Waals surface area contributed by atoms with E-state index in [-0.39, 0.29) is 34.1 Å². The maximum atomic E-state index is 12.9. The van der Waals surface area contributed by atoms with Crippen molar-refractivity contribution in [2.24, 2.45) is 0 Å². The Morgan fingerprint density at radius 2 is 1.86 bits per heavy atom. The van der Waals surface area contributed by atoms with Crippen LogP contribution in [0, 0.1) is 0 Å². The molecule has 2 N–H and O–H groups in total. The summed E-state index contributed by atoms with van der Waals surface area (Å²) < 4.78 is 32.0. The van der Waals surface area contributed by atoms with Crippen molar-refractivity contribution in [2.45, 2.75) is 31.2 Å². The first-order valence-corrected chi connectivity index (χ1v) is 8.70. The minimum absolute atomic E-state index is 0.0192. The Morgan fingerprint density at radius 1 is 1.33 bits per heavy atom. The fraction of sp³-hybridized carbons (Fsp3) is 0.538. The van der Waals surface area contributed by atoms with E-state index in [0.717, 1.165) is 0 Å². The zero-order chi connectivity index (χ0) is 16.2. The number of anilines is 1. The van der Waals surface area contributed by atoms with Crippen molar-refractivity contribution in [2.75, 3.05) is 26.0 Å². The number of sulfonamides is 1. The van der Waals surface area contributed by atoms with Crippen LogP contribution in [0.4, 0.5) is 5.69 Å². The van der Waals surface area contributed by atoms with Gasteiger partial charge in [0, 0.05) is 25.4 Å². The van der Waals surface area contributed by atoms with Gasteiger partial charge in [-0.2, -0.15) is 4.31 Å². The van der Waals surface area contributed by atoms with E-state index in [1.54, 1.807) is 0 Å². The molecule has 0 radical (unpaired) electrons. The third kappa shape index (κ3) is 4.23. The van der Waals surface area contributed by atoms with Gasteiger partial charge in [0.1, 0.15) is 4.90 Å². The van der Waals surface area contributed by atoms with E-state index in [1.165, 1.54) is 23.5 Å². The maximum Gasteiger partial charge on any atom is 0.246 e. The topological polar surface area (TPSA) is 72.6 Å². The van der Waals surface area contributed by atoms with E-state index >= 15 is 0 Å². The molecule has 1 aromatic rings. The number of ether oxygens (including phenoxy) is 1. The third-order valence-electron chi connectivity index (χ3n) is 3.19. The summed E-state index contributed by atoms with van der Waals surface area (Å²) in [5.74, 6) is 0. The normalized spacial score (nSPS) is 13.6. The van der Waals surface area contributed by atoms with E-state index in [2.05, 4.69) is 0 Å². The Labute approximate surface area is 136 Å². The summed E-state index contributed by atoms with van der Waals surface area (Å²) in [4.78, 5) is -0.114. The van der Waals surface area contributed by atoms with Crippen LogP contribution >= 0.6 is 23.2 Å². The predicted molar refractivity (Wildman–Crippen MR) is 86.4 cm³/mol. The number of hydrogen-bond acceptors (Lipinski definition) is 4. The van der Waals surface area contributed by atoms with Crippen LogP contribution in [0.1, 0.15) is 20.3 Å². The lowest BCUT2D eigenvalue weighted by Gasteiger charge is -2.28. The van der Waals surface area contributed by atoms with Crippen LogP contribution in [0.3, 0.4) is 0 Å². The molecule has 1 atom stereocenters. The van der Waals surface area contributed by atoms with Crippen molar-refractivity contribution < 1.29 is 13.2 Å². The molecule has 0 bridgehead atoms. The van der Waals surface area contributed by atoms with Crippen molar-refractivity contribution in [3.8, 4) is 0 Å². The number of nitrogen functional groups attached to an aromatic ring is 1. The molecule has 0 aliphatic heterocycles. The highest BCUT2D eigenvalue weighted by Crippen LogP contribution is 2.34. The zero-order valence-electron chi connectivity index (χ0n) is 12.3. The molecule has 120 valence electrons. The molecule has 1 unspecified atom stereocenters. The van der Waals surface area contributed by atoms with Crippen LogP contribution in [-0.2, 0) is 14.8 Å². The van der Waals surface area contributed by atoms with Gasteiger partial charge in [0.2, 0.25) is 10.0 Å². The molecule has 0 aliphatic rings. The number of nitrogens with two attached hydrogens (primary N) is 1. The molecule has 5 nitrogen and oxygen atoms in total. The average molecular weight is 355 g/mol. The van der Waals surface area contributed by atoms with Gasteiger partial charge >= 0.3 is 0 Å². The minimum Gasteiger partial charge on any atom is -0.399 e. The van der Waals surface area contributed by atoms with Crippen molar-refractivity contribution in [1.82, 2.24) is 4.31 Å². The monoisotopic (exact) mass is 354 g/mol. The molecule has 0 spiro atoms. The number of nitrogens with zero attached hydrogens (tertiary/aromatic N) is 1. The first-order chi connectivity index (χ1) is 9.75. The Bertz CT molecular complexity index is 570. The molecular weight excluding hydrogens is 335 g/mol. The lowest BCUT2D eigenvalue weighted by Crippen LogP contribution is -2.40. The number of methoxy groups -OCH3 is 1. The second-order valence-corrected chi connectivity index (χ2v) is 7.32. The van der Waals surface area contributed by atoms with Crippen LogP contribution in [0.2, 0.25) is 10.0 Å². The summed E-state index contributed by atoms with van der Waals surface area (Å²) in [6.07, 6.45) is 0.660. The van der Waals surface area contributed by atoms with Crippen molar-refractivity contribution in [3.05, 3.63) is 22.2 Å². The van der Waals surface area contributed by atoms with E-state index < -0.39 is 10.0 Å². The molecular formula is C13H20Cl2N2O3S. The number of benzene rings is 1. The van der Waals surface area contributed by atoms with E-state index in [0.29, 0.717) is 12.1 Å². The van der Waals surface area contributed by atoms with E-state index in [4.69, 9.17) is 33.7 Å². The van der Waals surface area contributed by atoms with Crippen LogP contribution in [0.5, 0.6) is 0 Å². The van der Waals surface area contributed by atoms with E-state index in [9.17, 15) is 8.42 Å². The highest BCUT2D eigenvalue weighted by atomic mass is 35.5. The summed E-state index contributed by atoms with van der Waals surface area (Å²) in [5.41, 5.74) is 5.93. The minimum atomic E-state index is -3.83. The number of halogens is 2. The van der Waals surface area contributed by atoms with Gasteiger partial charge in [-0.25, -0.2) is 8.42 Å². The zero-order valence-corrected chi connectivity index (χ0v) is 14.6. The summed E-state index contributed by atoms with van der Waals surface area (Å²) in [5, 5.41) is 0.0384. The summed E-state index contributed by atoms with van der Waals surface area (Å²) >= 11 is 12.1. The van der Waals surface area contributed by atoms with Crippen molar-refractivity contribution >= 4 is 38.9 Å². The van der Waals surface area contributed by atoms with Gasteiger partial charge < -0.3 is 10.5 Å². The van der Waals surface area contributed by atoms with Crippen LogP contribution in [0.25, 0.3) is 0 Å².